The SMILES string of the molecule is CC#CCCOC(=O)c1cccnc1C(=O)OCCC#CC.O=C1OCCC#CCCOC(=O)c2ncccc21. The van der Waals surface area contributed by atoms with Gasteiger partial charge in [-0.25, -0.2) is 29.1 Å². The van der Waals surface area contributed by atoms with Crippen molar-refractivity contribution in [3.05, 3.63) is 59.2 Å². The fourth-order valence-corrected chi connectivity index (χ4v) is 2.96. The van der Waals surface area contributed by atoms with Crippen molar-refractivity contribution in [1.29, 1.82) is 0 Å². The van der Waals surface area contributed by atoms with Crippen LogP contribution in [0, 0.1) is 35.5 Å². The van der Waals surface area contributed by atoms with E-state index in [9.17, 15) is 19.2 Å². The van der Waals surface area contributed by atoms with Gasteiger partial charge in [-0.2, -0.15) is 0 Å². The molecule has 0 atom stereocenters. The number of ether oxygens (including phenoxy) is 4. The molecule has 0 aliphatic carbocycles. The fourth-order valence-electron chi connectivity index (χ4n) is 2.96. The Labute approximate surface area is 232 Å². The van der Waals surface area contributed by atoms with Crippen molar-refractivity contribution in [3.8, 4) is 35.5 Å². The Hall–Kier alpha value is -5.14. The Morgan fingerprint density at radius 1 is 0.850 bits per heavy atom. The topological polar surface area (TPSA) is 131 Å². The number of nitrogens with zero attached hydrogens (tertiary/aromatic N) is 2. The molecular formula is C30H28N2O8. The van der Waals surface area contributed by atoms with Gasteiger partial charge in [0, 0.05) is 38.1 Å². The molecule has 0 amide bonds. The molecule has 2 aromatic rings. The van der Waals surface area contributed by atoms with Crippen LogP contribution in [0.3, 0.4) is 0 Å². The van der Waals surface area contributed by atoms with Crippen LogP contribution in [0.5, 0.6) is 0 Å². The molecule has 3 heterocycles. The lowest BCUT2D eigenvalue weighted by Gasteiger charge is -2.08. The van der Waals surface area contributed by atoms with Crippen molar-refractivity contribution in [3.63, 3.8) is 0 Å². The van der Waals surface area contributed by atoms with E-state index in [1.54, 1.807) is 26.0 Å². The first-order chi connectivity index (χ1) is 19.5. The van der Waals surface area contributed by atoms with Gasteiger partial charge in [0.25, 0.3) is 0 Å². The number of hydrogen-bond donors (Lipinski definition) is 0. The van der Waals surface area contributed by atoms with Crippen LogP contribution in [-0.4, -0.2) is 60.3 Å². The van der Waals surface area contributed by atoms with Gasteiger partial charge >= 0.3 is 23.9 Å². The van der Waals surface area contributed by atoms with Crippen molar-refractivity contribution in [2.45, 2.75) is 39.5 Å². The van der Waals surface area contributed by atoms with Crippen molar-refractivity contribution < 1.29 is 38.1 Å². The fraction of sp³-hybridized carbons (Fsp3) is 0.333. The Balaban J connectivity index is 0.000000285. The second-order valence-corrected chi connectivity index (χ2v) is 7.55. The number of aromatic nitrogens is 2. The van der Waals surface area contributed by atoms with Crippen molar-refractivity contribution >= 4 is 23.9 Å². The first-order valence-electron chi connectivity index (χ1n) is 12.3. The van der Waals surface area contributed by atoms with Crippen LogP contribution in [0.1, 0.15) is 81.2 Å². The Bertz CT molecular complexity index is 1280. The standard InChI is InChI=1S/C17H17NO4.C13H11NO4/c1-3-5-7-12-21-16(19)14-10-9-11-18-15(14)17(20)22-13-8-6-4-2;15-12-10-6-5-7-14-11(10)13(16)18-9-4-2-1-3-8-17-12/h9-11H,7-8,12-13H2,1-2H3;5-7H,3-4,8-9H2. The molecule has 0 unspecified atom stereocenters. The highest BCUT2D eigenvalue weighted by molar-refractivity contribution is 6.02. The van der Waals surface area contributed by atoms with Crippen molar-refractivity contribution in [2.75, 3.05) is 26.4 Å². The normalized spacial score (nSPS) is 12.1. The maximum Gasteiger partial charge on any atom is 0.357 e. The zero-order valence-electron chi connectivity index (χ0n) is 22.3. The molecule has 1 aliphatic heterocycles. The smallest absolute Gasteiger partial charge is 0.357 e. The largest absolute Gasteiger partial charge is 0.461 e. The molecular weight excluding hydrogens is 516 g/mol. The lowest BCUT2D eigenvalue weighted by Crippen LogP contribution is -2.16. The van der Waals surface area contributed by atoms with Crippen molar-refractivity contribution in [2.24, 2.45) is 0 Å². The summed E-state index contributed by atoms with van der Waals surface area (Å²) < 4.78 is 20.1. The molecule has 1 aliphatic rings. The van der Waals surface area contributed by atoms with E-state index in [0.717, 1.165) is 0 Å². The van der Waals surface area contributed by atoms with Gasteiger partial charge in [-0.1, -0.05) is 11.8 Å². The van der Waals surface area contributed by atoms with Gasteiger partial charge in [-0.15, -0.1) is 23.7 Å². The van der Waals surface area contributed by atoms with Crippen LogP contribution in [-0.2, 0) is 18.9 Å². The molecule has 0 bridgehead atoms. The van der Waals surface area contributed by atoms with Gasteiger partial charge in [0.2, 0.25) is 0 Å². The molecule has 206 valence electrons. The Morgan fingerprint density at radius 2 is 1.43 bits per heavy atom. The number of pyridine rings is 2. The number of esters is 4. The maximum absolute atomic E-state index is 12.0. The molecule has 0 saturated heterocycles. The number of cyclic esters (lactones) is 2. The second-order valence-electron chi connectivity index (χ2n) is 7.55. The highest BCUT2D eigenvalue weighted by Crippen LogP contribution is 2.11. The molecule has 10 heteroatoms. The first-order valence-corrected chi connectivity index (χ1v) is 12.3. The van der Waals surface area contributed by atoms with Gasteiger partial charge in [-0.3, -0.25) is 0 Å². The third-order valence-electron chi connectivity index (χ3n) is 4.76. The first kappa shape index (κ1) is 31.1. The van der Waals surface area contributed by atoms with Crippen LogP contribution in [0.4, 0.5) is 0 Å². The van der Waals surface area contributed by atoms with E-state index in [2.05, 4.69) is 45.5 Å². The minimum Gasteiger partial charge on any atom is -0.461 e. The summed E-state index contributed by atoms with van der Waals surface area (Å²) in [6.45, 7) is 4.12. The quantitative estimate of drug-likeness (QED) is 0.231. The average molecular weight is 545 g/mol. The van der Waals surface area contributed by atoms with E-state index < -0.39 is 23.9 Å². The third-order valence-corrected chi connectivity index (χ3v) is 4.76. The zero-order chi connectivity index (χ0) is 29.0. The molecule has 0 saturated carbocycles. The number of fused-ring (bicyclic) bond motifs is 1. The predicted molar refractivity (Wildman–Crippen MR) is 143 cm³/mol. The van der Waals surface area contributed by atoms with E-state index in [4.69, 9.17) is 18.9 Å². The van der Waals surface area contributed by atoms with Crippen LogP contribution >= 0.6 is 0 Å². The average Bonchev–Trinajstić information content (AvgIpc) is 2.98. The molecule has 0 radical (unpaired) electrons. The number of carbonyl (C=O) groups is 4. The number of hydrogen-bond acceptors (Lipinski definition) is 10. The summed E-state index contributed by atoms with van der Waals surface area (Å²) in [6, 6.07) is 6.09. The number of carbonyl (C=O) groups excluding carboxylic acids is 4. The summed E-state index contributed by atoms with van der Waals surface area (Å²) in [7, 11) is 0. The van der Waals surface area contributed by atoms with E-state index in [0.29, 0.717) is 25.7 Å². The minimum atomic E-state index is -0.668. The molecule has 0 fully saturated rings. The third kappa shape index (κ3) is 10.7. The lowest BCUT2D eigenvalue weighted by molar-refractivity contribution is 0.0458. The van der Waals surface area contributed by atoms with Crippen LogP contribution in [0.15, 0.2) is 36.7 Å². The second kappa shape index (κ2) is 18.2. The molecule has 0 aromatic carbocycles. The van der Waals surface area contributed by atoms with E-state index in [1.165, 1.54) is 24.5 Å². The zero-order valence-corrected chi connectivity index (χ0v) is 22.3. The van der Waals surface area contributed by atoms with E-state index in [1.807, 2.05) is 0 Å². The predicted octanol–water partition coefficient (Wildman–Crippen LogP) is 3.41. The molecule has 0 spiro atoms. The summed E-state index contributed by atoms with van der Waals surface area (Å²) in [5.74, 6) is 14.1. The Morgan fingerprint density at radius 3 is 2.08 bits per heavy atom. The molecule has 10 nitrogen and oxygen atoms in total. The van der Waals surface area contributed by atoms with Gasteiger partial charge in [0.1, 0.15) is 26.4 Å². The summed E-state index contributed by atoms with van der Waals surface area (Å²) in [5, 5.41) is 0. The van der Waals surface area contributed by atoms with E-state index >= 15 is 0 Å². The van der Waals surface area contributed by atoms with Crippen LogP contribution < -0.4 is 0 Å². The van der Waals surface area contributed by atoms with E-state index in [-0.39, 0.29) is 48.9 Å². The highest BCUT2D eigenvalue weighted by Gasteiger charge is 2.21. The summed E-state index contributed by atoms with van der Waals surface area (Å²) in [4.78, 5) is 55.2. The van der Waals surface area contributed by atoms with Gasteiger partial charge in [0.15, 0.2) is 11.4 Å². The molecule has 40 heavy (non-hydrogen) atoms. The lowest BCUT2D eigenvalue weighted by atomic mass is 10.2. The van der Waals surface area contributed by atoms with Gasteiger partial charge in [0.05, 0.1) is 11.1 Å². The number of rotatable bonds is 6. The molecule has 3 rings (SSSR count). The van der Waals surface area contributed by atoms with Crippen LogP contribution in [0.25, 0.3) is 0 Å². The molecule has 0 N–H and O–H groups in total. The monoisotopic (exact) mass is 544 g/mol. The highest BCUT2D eigenvalue weighted by atomic mass is 16.5. The van der Waals surface area contributed by atoms with Crippen molar-refractivity contribution in [1.82, 2.24) is 9.97 Å². The summed E-state index contributed by atoms with van der Waals surface area (Å²) in [5.41, 5.74) is 0.129. The Kier molecular flexibility index (Phi) is 14.1. The maximum atomic E-state index is 12.0. The summed E-state index contributed by atoms with van der Waals surface area (Å²) in [6.07, 6.45) is 4.65. The minimum absolute atomic E-state index is 0.0176. The van der Waals surface area contributed by atoms with Crippen LogP contribution in [0.2, 0.25) is 0 Å². The molecule has 2 aromatic heterocycles. The van der Waals surface area contributed by atoms with Gasteiger partial charge in [-0.05, 0) is 38.1 Å². The summed E-state index contributed by atoms with van der Waals surface area (Å²) >= 11 is 0. The van der Waals surface area contributed by atoms with Gasteiger partial charge < -0.3 is 18.9 Å².